The number of carboxylic acids is 1. The molecule has 2 heterocycles. The number of aliphatic carboxylic acids is 1. The molecule has 5 nitrogen and oxygen atoms in total. The summed E-state index contributed by atoms with van der Waals surface area (Å²) in [6.45, 7) is 0. The molecule has 0 aliphatic carbocycles. The van der Waals surface area contributed by atoms with Crippen LogP contribution in [0.2, 0.25) is 0 Å². The molecule has 0 bridgehead atoms. The normalized spacial score (nSPS) is 10.1. The molecular formula is C10H9N3O2. The molecule has 0 atom stereocenters. The molecule has 0 spiro atoms. The summed E-state index contributed by atoms with van der Waals surface area (Å²) in [5.41, 5.74) is 2.03. The molecule has 2 aromatic rings. The molecule has 0 aromatic carbocycles. The average Bonchev–Trinajstić information content (AvgIpc) is 2.66. The van der Waals surface area contributed by atoms with Crippen molar-refractivity contribution < 1.29 is 9.90 Å². The summed E-state index contributed by atoms with van der Waals surface area (Å²) >= 11 is 0. The minimum atomic E-state index is -0.892. The van der Waals surface area contributed by atoms with Gasteiger partial charge in [0.05, 0.1) is 24.0 Å². The Morgan fingerprint density at radius 2 is 2.33 bits per heavy atom. The van der Waals surface area contributed by atoms with Crippen molar-refractivity contribution in [1.29, 1.82) is 0 Å². The third-order valence-electron chi connectivity index (χ3n) is 1.99. The maximum Gasteiger partial charge on any atom is 0.309 e. The first-order chi connectivity index (χ1) is 7.27. The van der Waals surface area contributed by atoms with Crippen molar-refractivity contribution in [3.8, 4) is 11.3 Å². The minimum absolute atomic E-state index is 0.0775. The van der Waals surface area contributed by atoms with E-state index in [0.29, 0.717) is 5.69 Å². The van der Waals surface area contributed by atoms with E-state index in [1.165, 1.54) is 0 Å². The molecule has 0 amide bonds. The van der Waals surface area contributed by atoms with E-state index < -0.39 is 5.97 Å². The summed E-state index contributed by atoms with van der Waals surface area (Å²) in [7, 11) is 0. The Morgan fingerprint density at radius 1 is 1.47 bits per heavy atom. The third-order valence-corrected chi connectivity index (χ3v) is 1.99. The molecule has 0 aliphatic heterocycles. The molecule has 0 radical (unpaired) electrons. The zero-order valence-corrected chi connectivity index (χ0v) is 7.84. The first-order valence-electron chi connectivity index (χ1n) is 4.43. The van der Waals surface area contributed by atoms with Gasteiger partial charge in [-0.25, -0.2) is 0 Å². The van der Waals surface area contributed by atoms with Crippen LogP contribution in [0.4, 0.5) is 0 Å². The molecule has 0 aliphatic rings. The van der Waals surface area contributed by atoms with E-state index in [1.54, 1.807) is 18.5 Å². The lowest BCUT2D eigenvalue weighted by Gasteiger charge is -1.98. The summed E-state index contributed by atoms with van der Waals surface area (Å²) in [6.07, 6.45) is 3.17. The van der Waals surface area contributed by atoms with Gasteiger partial charge in [0.15, 0.2) is 0 Å². The highest BCUT2D eigenvalue weighted by Crippen LogP contribution is 2.19. The van der Waals surface area contributed by atoms with Gasteiger partial charge in [0, 0.05) is 11.8 Å². The zero-order chi connectivity index (χ0) is 10.7. The van der Waals surface area contributed by atoms with E-state index in [-0.39, 0.29) is 6.42 Å². The smallest absolute Gasteiger partial charge is 0.309 e. The predicted octanol–water partition coefficient (Wildman–Crippen LogP) is 1.10. The molecule has 0 saturated carbocycles. The largest absolute Gasteiger partial charge is 0.481 e. The molecule has 0 unspecified atom stereocenters. The Labute approximate surface area is 85.8 Å². The summed E-state index contributed by atoms with van der Waals surface area (Å²) in [5.74, 6) is -0.892. The number of hydrogen-bond acceptors (Lipinski definition) is 3. The van der Waals surface area contributed by atoms with Gasteiger partial charge >= 0.3 is 5.97 Å². The maximum absolute atomic E-state index is 10.6. The second-order valence-corrected chi connectivity index (χ2v) is 3.05. The molecule has 2 rings (SSSR count). The minimum Gasteiger partial charge on any atom is -0.481 e. The van der Waals surface area contributed by atoms with Gasteiger partial charge in [0.1, 0.15) is 0 Å². The van der Waals surface area contributed by atoms with Gasteiger partial charge in [0.25, 0.3) is 0 Å². The predicted molar refractivity (Wildman–Crippen MR) is 53.2 cm³/mol. The number of nitrogens with zero attached hydrogens (tertiary/aromatic N) is 2. The number of carboxylic acid groups (broad SMARTS) is 1. The Hall–Kier alpha value is -2.17. The van der Waals surface area contributed by atoms with Crippen molar-refractivity contribution in [1.82, 2.24) is 15.2 Å². The van der Waals surface area contributed by atoms with Crippen molar-refractivity contribution in [2.45, 2.75) is 6.42 Å². The number of H-pyrrole nitrogens is 1. The van der Waals surface area contributed by atoms with E-state index in [2.05, 4.69) is 15.2 Å². The zero-order valence-electron chi connectivity index (χ0n) is 7.84. The Balaban J connectivity index is 2.37. The van der Waals surface area contributed by atoms with Crippen LogP contribution >= 0.6 is 0 Å². The number of aromatic nitrogens is 3. The summed E-state index contributed by atoms with van der Waals surface area (Å²) in [6, 6.07) is 5.47. The van der Waals surface area contributed by atoms with Gasteiger partial charge < -0.3 is 5.11 Å². The van der Waals surface area contributed by atoms with Crippen LogP contribution in [0.3, 0.4) is 0 Å². The topological polar surface area (TPSA) is 78.9 Å². The molecule has 76 valence electrons. The number of nitrogens with one attached hydrogen (secondary N) is 1. The SMILES string of the molecule is O=C(O)Cc1[nH]ncc1-c1ccccn1. The molecule has 0 saturated heterocycles. The number of rotatable bonds is 3. The van der Waals surface area contributed by atoms with Crippen molar-refractivity contribution in [2.24, 2.45) is 0 Å². The molecule has 2 aromatic heterocycles. The van der Waals surface area contributed by atoms with E-state index in [4.69, 9.17) is 5.11 Å². The average molecular weight is 203 g/mol. The number of hydrogen-bond donors (Lipinski definition) is 2. The molecule has 15 heavy (non-hydrogen) atoms. The van der Waals surface area contributed by atoms with Gasteiger partial charge in [-0.15, -0.1) is 0 Å². The van der Waals surface area contributed by atoms with Crippen LogP contribution in [-0.2, 0) is 11.2 Å². The molecule has 0 fully saturated rings. The van der Waals surface area contributed by atoms with Gasteiger partial charge in [-0.3, -0.25) is 14.9 Å². The lowest BCUT2D eigenvalue weighted by atomic mass is 10.1. The highest BCUT2D eigenvalue weighted by Gasteiger charge is 2.11. The van der Waals surface area contributed by atoms with Crippen LogP contribution in [0.25, 0.3) is 11.3 Å². The first-order valence-corrected chi connectivity index (χ1v) is 4.43. The van der Waals surface area contributed by atoms with Crippen molar-refractivity contribution >= 4 is 5.97 Å². The maximum atomic E-state index is 10.6. The number of aromatic amines is 1. The fourth-order valence-corrected chi connectivity index (χ4v) is 1.34. The van der Waals surface area contributed by atoms with Crippen LogP contribution in [0.5, 0.6) is 0 Å². The first kappa shape index (κ1) is 9.39. The van der Waals surface area contributed by atoms with Gasteiger partial charge in [-0.2, -0.15) is 5.10 Å². The standard InChI is InChI=1S/C10H9N3O2/c14-10(15)5-9-7(6-12-13-9)8-3-1-2-4-11-8/h1-4,6H,5H2,(H,12,13)(H,14,15). The van der Waals surface area contributed by atoms with Crippen LogP contribution in [-0.4, -0.2) is 26.3 Å². The molecule has 2 N–H and O–H groups in total. The van der Waals surface area contributed by atoms with Gasteiger partial charge in [-0.05, 0) is 12.1 Å². The Kier molecular flexibility index (Phi) is 2.45. The van der Waals surface area contributed by atoms with Crippen molar-refractivity contribution in [3.05, 3.63) is 36.3 Å². The monoisotopic (exact) mass is 203 g/mol. The van der Waals surface area contributed by atoms with E-state index in [9.17, 15) is 4.79 Å². The van der Waals surface area contributed by atoms with E-state index >= 15 is 0 Å². The Morgan fingerprint density at radius 3 is 3.00 bits per heavy atom. The number of carbonyl (C=O) groups is 1. The summed E-state index contributed by atoms with van der Waals surface area (Å²) < 4.78 is 0. The third kappa shape index (κ3) is 2.01. The van der Waals surface area contributed by atoms with Crippen LogP contribution in [0.15, 0.2) is 30.6 Å². The fourth-order valence-electron chi connectivity index (χ4n) is 1.34. The molecular weight excluding hydrogens is 194 g/mol. The highest BCUT2D eigenvalue weighted by molar-refractivity contribution is 5.73. The van der Waals surface area contributed by atoms with Gasteiger partial charge in [-0.1, -0.05) is 6.07 Å². The second kappa shape index (κ2) is 3.91. The molecule has 5 heteroatoms. The second-order valence-electron chi connectivity index (χ2n) is 3.05. The van der Waals surface area contributed by atoms with Crippen LogP contribution in [0, 0.1) is 0 Å². The quantitative estimate of drug-likeness (QED) is 0.782. The van der Waals surface area contributed by atoms with Crippen LogP contribution in [0.1, 0.15) is 5.69 Å². The van der Waals surface area contributed by atoms with E-state index in [1.807, 2.05) is 12.1 Å². The van der Waals surface area contributed by atoms with Crippen LogP contribution < -0.4 is 0 Å². The highest BCUT2D eigenvalue weighted by atomic mass is 16.4. The fraction of sp³-hybridized carbons (Fsp3) is 0.100. The summed E-state index contributed by atoms with van der Waals surface area (Å²) in [5, 5.41) is 15.2. The lowest BCUT2D eigenvalue weighted by molar-refractivity contribution is -0.136. The lowest BCUT2D eigenvalue weighted by Crippen LogP contribution is -2.02. The van der Waals surface area contributed by atoms with Crippen molar-refractivity contribution in [3.63, 3.8) is 0 Å². The van der Waals surface area contributed by atoms with E-state index in [0.717, 1.165) is 11.3 Å². The number of pyridine rings is 1. The van der Waals surface area contributed by atoms with Gasteiger partial charge in [0.2, 0.25) is 0 Å². The summed E-state index contributed by atoms with van der Waals surface area (Å²) in [4.78, 5) is 14.7. The Bertz CT molecular complexity index is 465. The van der Waals surface area contributed by atoms with Crippen molar-refractivity contribution in [2.75, 3.05) is 0 Å².